The molecule has 0 amide bonds. The second kappa shape index (κ2) is 7.04. The van der Waals surface area contributed by atoms with Gasteiger partial charge in [0, 0.05) is 0 Å². The van der Waals surface area contributed by atoms with Crippen molar-refractivity contribution >= 4 is 29.7 Å². The molecule has 0 aliphatic carbocycles. The van der Waals surface area contributed by atoms with Gasteiger partial charge in [0.15, 0.2) is 0 Å². The third-order valence-corrected chi connectivity index (χ3v) is 4.31. The summed E-state index contributed by atoms with van der Waals surface area (Å²) < 4.78 is 1.96. The van der Waals surface area contributed by atoms with E-state index in [4.69, 9.17) is 19.4 Å². The van der Waals surface area contributed by atoms with E-state index in [1.165, 1.54) is 5.56 Å². The molecule has 4 heteroatoms. The molecule has 2 aromatic rings. The molecule has 0 saturated heterocycles. The topological polar surface area (TPSA) is 12.0 Å². The second-order valence-corrected chi connectivity index (χ2v) is 9.46. The maximum absolute atomic E-state index is 5.93. The zero-order valence-electron chi connectivity index (χ0n) is 9.59. The van der Waals surface area contributed by atoms with Crippen molar-refractivity contribution < 1.29 is 13.5 Å². The first-order valence-electron chi connectivity index (χ1n) is 5.46. The van der Waals surface area contributed by atoms with Crippen molar-refractivity contribution in [2.75, 3.05) is 5.32 Å². The zero-order chi connectivity index (χ0) is 12.8. The van der Waals surface area contributed by atoms with Gasteiger partial charge in [0.05, 0.1) is 0 Å². The van der Waals surface area contributed by atoms with Crippen molar-refractivity contribution in [2.24, 2.45) is 0 Å². The average molecular weight is 367 g/mol. The summed E-state index contributed by atoms with van der Waals surface area (Å²) in [6.07, 6.45) is 0. The molecule has 18 heavy (non-hydrogen) atoms. The van der Waals surface area contributed by atoms with E-state index in [9.17, 15) is 0 Å². The summed E-state index contributed by atoms with van der Waals surface area (Å²) in [7, 11) is 11.9. The molecular formula is C14H13Cl2NRu. The van der Waals surface area contributed by atoms with Crippen molar-refractivity contribution in [3.8, 4) is 0 Å². The fourth-order valence-corrected chi connectivity index (χ4v) is 3.45. The number of hydrogen-bond donors (Lipinski definition) is 1. The fraction of sp³-hybridized carbons (Fsp3) is 0.0714. The molecule has 0 fully saturated rings. The van der Waals surface area contributed by atoms with Crippen LogP contribution >= 0.6 is 19.4 Å². The molecule has 0 aliphatic heterocycles. The van der Waals surface area contributed by atoms with Gasteiger partial charge in [-0.3, -0.25) is 0 Å². The van der Waals surface area contributed by atoms with Crippen LogP contribution in [0, 0.1) is 0 Å². The molecule has 0 spiro atoms. The molecule has 2 aromatic carbocycles. The van der Waals surface area contributed by atoms with E-state index in [1.54, 1.807) is 0 Å². The normalized spacial score (nSPS) is 10.9. The molecule has 0 atom stereocenters. The SMILES string of the molecule is [Cl][Ru]([Cl])=[CH]c1ccccc1NCc1ccccc1. The van der Waals surface area contributed by atoms with E-state index in [1.807, 2.05) is 47.1 Å². The molecule has 2 rings (SSSR count). The molecule has 0 heterocycles. The summed E-state index contributed by atoms with van der Waals surface area (Å²) >= 11 is -1.78. The number of halogens is 2. The van der Waals surface area contributed by atoms with Crippen LogP contribution in [-0.4, -0.2) is 4.61 Å². The number of nitrogens with one attached hydrogen (secondary N) is 1. The number of benzene rings is 2. The first kappa shape index (κ1) is 13.7. The molecule has 0 saturated carbocycles. The van der Waals surface area contributed by atoms with Gasteiger partial charge in [-0.25, -0.2) is 0 Å². The molecule has 0 unspecified atom stereocenters. The number of para-hydroxylation sites is 1. The van der Waals surface area contributed by atoms with Gasteiger partial charge in [-0.15, -0.1) is 0 Å². The van der Waals surface area contributed by atoms with Crippen LogP contribution in [0.15, 0.2) is 54.6 Å². The van der Waals surface area contributed by atoms with Crippen LogP contribution in [0.4, 0.5) is 5.69 Å². The average Bonchev–Trinajstić information content (AvgIpc) is 2.38. The predicted molar refractivity (Wildman–Crippen MR) is 77.1 cm³/mol. The van der Waals surface area contributed by atoms with E-state index in [0.29, 0.717) is 0 Å². The molecular weight excluding hydrogens is 354 g/mol. The summed E-state index contributed by atoms with van der Waals surface area (Å²) in [4.78, 5) is 0. The van der Waals surface area contributed by atoms with Gasteiger partial charge in [-0.2, -0.15) is 0 Å². The van der Waals surface area contributed by atoms with Crippen molar-refractivity contribution in [2.45, 2.75) is 6.54 Å². The third-order valence-electron chi connectivity index (χ3n) is 2.47. The van der Waals surface area contributed by atoms with Crippen LogP contribution in [-0.2, 0) is 20.1 Å². The summed E-state index contributed by atoms with van der Waals surface area (Å²) in [5, 5.41) is 3.41. The second-order valence-electron chi connectivity index (χ2n) is 3.73. The summed E-state index contributed by atoms with van der Waals surface area (Å²) in [5.74, 6) is 0. The van der Waals surface area contributed by atoms with Gasteiger partial charge < -0.3 is 0 Å². The van der Waals surface area contributed by atoms with E-state index in [2.05, 4.69) is 17.4 Å². The van der Waals surface area contributed by atoms with Crippen molar-refractivity contribution in [1.82, 2.24) is 0 Å². The Morgan fingerprint density at radius 2 is 1.61 bits per heavy atom. The Morgan fingerprint density at radius 1 is 0.944 bits per heavy atom. The van der Waals surface area contributed by atoms with Gasteiger partial charge in [0.25, 0.3) is 0 Å². The third kappa shape index (κ3) is 4.21. The number of hydrogen-bond acceptors (Lipinski definition) is 1. The standard InChI is InChI=1S/C14H13N.2ClH.Ru/c1-12-7-5-6-10-14(12)15-11-13-8-3-2-4-9-13;;;/h1-10,15H,11H2;2*1H;/q;;;+2/p-2. The van der Waals surface area contributed by atoms with Crippen LogP contribution in [0.5, 0.6) is 0 Å². The Balaban J connectivity index is 2.12. The molecule has 0 radical (unpaired) electrons. The Hall–Kier alpha value is -0.687. The molecule has 96 valence electrons. The van der Waals surface area contributed by atoms with E-state index >= 15 is 0 Å². The Labute approximate surface area is 120 Å². The monoisotopic (exact) mass is 367 g/mol. The van der Waals surface area contributed by atoms with Gasteiger partial charge in [-0.05, 0) is 0 Å². The predicted octanol–water partition coefficient (Wildman–Crippen LogP) is 4.37. The van der Waals surface area contributed by atoms with Crippen LogP contribution < -0.4 is 5.32 Å². The number of anilines is 1. The molecule has 1 N–H and O–H groups in total. The van der Waals surface area contributed by atoms with E-state index in [0.717, 1.165) is 17.8 Å². The Bertz CT molecular complexity index is 537. The molecule has 0 aromatic heterocycles. The first-order chi connectivity index (χ1) is 8.75. The molecule has 0 bridgehead atoms. The van der Waals surface area contributed by atoms with E-state index in [-0.39, 0.29) is 0 Å². The maximum atomic E-state index is 5.93. The van der Waals surface area contributed by atoms with Crippen LogP contribution in [0.25, 0.3) is 0 Å². The van der Waals surface area contributed by atoms with Crippen LogP contribution in [0.2, 0.25) is 0 Å². The zero-order valence-corrected chi connectivity index (χ0v) is 12.8. The van der Waals surface area contributed by atoms with Crippen LogP contribution in [0.1, 0.15) is 11.1 Å². The van der Waals surface area contributed by atoms with Crippen molar-refractivity contribution in [3.63, 3.8) is 0 Å². The molecule has 0 aliphatic rings. The van der Waals surface area contributed by atoms with E-state index < -0.39 is 13.5 Å². The van der Waals surface area contributed by atoms with Gasteiger partial charge in [-0.1, -0.05) is 0 Å². The quantitative estimate of drug-likeness (QED) is 0.792. The minimum absolute atomic E-state index is 0.795. The summed E-state index contributed by atoms with van der Waals surface area (Å²) in [6, 6.07) is 18.4. The summed E-state index contributed by atoms with van der Waals surface area (Å²) in [6.45, 7) is 0.795. The summed E-state index contributed by atoms with van der Waals surface area (Å²) in [5.41, 5.74) is 3.40. The van der Waals surface area contributed by atoms with Crippen molar-refractivity contribution in [1.29, 1.82) is 0 Å². The van der Waals surface area contributed by atoms with Crippen molar-refractivity contribution in [3.05, 3.63) is 65.7 Å². The fourth-order valence-electron chi connectivity index (χ4n) is 1.62. The van der Waals surface area contributed by atoms with Gasteiger partial charge >= 0.3 is 121 Å². The number of rotatable bonds is 4. The van der Waals surface area contributed by atoms with Crippen LogP contribution in [0.3, 0.4) is 0 Å². The minimum atomic E-state index is -1.78. The van der Waals surface area contributed by atoms with Gasteiger partial charge in [0.2, 0.25) is 0 Å². The van der Waals surface area contributed by atoms with Gasteiger partial charge in [0.1, 0.15) is 0 Å². The first-order valence-corrected chi connectivity index (χ1v) is 10.9. The Morgan fingerprint density at radius 3 is 2.33 bits per heavy atom. The Kier molecular flexibility index (Phi) is 5.37. The molecule has 1 nitrogen and oxygen atoms in total.